The molecule has 1 aromatic carbocycles. The van der Waals surface area contributed by atoms with Crippen molar-refractivity contribution in [1.29, 1.82) is 0 Å². The van der Waals surface area contributed by atoms with Gasteiger partial charge in [0.05, 0.1) is 5.84 Å². The van der Waals surface area contributed by atoms with Crippen LogP contribution in [-0.2, 0) is 4.74 Å². The van der Waals surface area contributed by atoms with E-state index in [-0.39, 0.29) is 19.0 Å². The fourth-order valence-corrected chi connectivity index (χ4v) is 1.45. The summed E-state index contributed by atoms with van der Waals surface area (Å²) in [5, 5.41) is 2.66. The summed E-state index contributed by atoms with van der Waals surface area (Å²) in [7, 11) is 3.69. The normalized spacial score (nSPS) is 10.4. The molecule has 0 saturated carbocycles. The smallest absolute Gasteiger partial charge is 0.411 e. The summed E-state index contributed by atoms with van der Waals surface area (Å²) >= 11 is 0. The molecule has 0 radical (unpaired) electrons. The van der Waals surface area contributed by atoms with Crippen molar-refractivity contribution in [3.63, 3.8) is 0 Å². The van der Waals surface area contributed by atoms with Gasteiger partial charge in [-0.1, -0.05) is 6.58 Å². The number of aliphatic imine (C=N–C) groups is 1. The number of rotatable bonds is 4. The molecule has 1 aromatic rings. The van der Waals surface area contributed by atoms with Crippen molar-refractivity contribution in [1.82, 2.24) is 0 Å². The average Bonchev–Trinajstić information content (AvgIpc) is 2.44. The van der Waals surface area contributed by atoms with Crippen LogP contribution in [0, 0.1) is 0 Å². The molecule has 0 aliphatic rings. The number of amides is 1. The Balaban J connectivity index is 0.00000400. The van der Waals surface area contributed by atoms with Crippen molar-refractivity contribution >= 4 is 35.7 Å². The van der Waals surface area contributed by atoms with Crippen molar-refractivity contribution < 1.29 is 9.53 Å². The Morgan fingerprint density at radius 2 is 1.90 bits per heavy atom. The fraction of sp³-hybridized carbons (Fsp3) is 0.333. The van der Waals surface area contributed by atoms with Crippen LogP contribution in [0.25, 0.3) is 0 Å². The molecular formula is C15H22ClN3O2. The third kappa shape index (κ3) is 6.31. The van der Waals surface area contributed by atoms with Gasteiger partial charge in [0.2, 0.25) is 0 Å². The maximum Gasteiger partial charge on any atom is 0.411 e. The van der Waals surface area contributed by atoms with Crippen molar-refractivity contribution in [3.05, 3.63) is 36.4 Å². The van der Waals surface area contributed by atoms with Crippen molar-refractivity contribution in [2.24, 2.45) is 4.99 Å². The first kappa shape index (κ1) is 19.0. The second kappa shape index (κ2) is 9.02. The Labute approximate surface area is 132 Å². The van der Waals surface area contributed by atoms with Crippen LogP contribution < -0.4 is 10.2 Å². The first-order valence-corrected chi connectivity index (χ1v) is 6.29. The summed E-state index contributed by atoms with van der Waals surface area (Å²) in [6.45, 7) is 7.62. The highest BCUT2D eigenvalue weighted by Crippen LogP contribution is 2.17. The Hall–Kier alpha value is -2.01. The lowest BCUT2D eigenvalue weighted by Crippen LogP contribution is -2.23. The number of carbonyl (C=O) groups excluding carboxylic acids is 1. The lowest BCUT2D eigenvalue weighted by Gasteiger charge is -2.18. The molecule has 116 valence electrons. The second-order valence-corrected chi connectivity index (χ2v) is 4.53. The molecule has 0 unspecified atom stereocenters. The summed E-state index contributed by atoms with van der Waals surface area (Å²) in [6, 6.07) is 7.44. The van der Waals surface area contributed by atoms with Crippen LogP contribution in [0.4, 0.5) is 16.2 Å². The fourth-order valence-electron chi connectivity index (χ4n) is 1.45. The van der Waals surface area contributed by atoms with Crippen LogP contribution in [0.3, 0.4) is 0 Å². The number of ether oxygens (including phenoxy) is 1. The predicted molar refractivity (Wildman–Crippen MR) is 90.9 cm³/mol. The molecule has 1 N–H and O–H groups in total. The average molecular weight is 312 g/mol. The molecule has 1 rings (SSSR count). The van der Waals surface area contributed by atoms with Crippen LogP contribution in [0.5, 0.6) is 0 Å². The lowest BCUT2D eigenvalue weighted by atomic mass is 10.2. The van der Waals surface area contributed by atoms with E-state index in [4.69, 9.17) is 4.74 Å². The van der Waals surface area contributed by atoms with E-state index in [2.05, 4.69) is 16.9 Å². The van der Waals surface area contributed by atoms with Gasteiger partial charge in [-0.2, -0.15) is 0 Å². The number of amidine groups is 1. The van der Waals surface area contributed by atoms with Crippen molar-refractivity contribution in [3.8, 4) is 0 Å². The molecule has 1 amide bonds. The molecule has 0 aliphatic carbocycles. The SMILES string of the molecule is C=C(C)COC(=O)Nc1ccc(N(C)C(C)=NC)cc1.Cl. The van der Waals surface area contributed by atoms with Gasteiger partial charge in [0.15, 0.2) is 0 Å². The van der Waals surface area contributed by atoms with E-state index in [1.165, 1.54) is 0 Å². The van der Waals surface area contributed by atoms with Gasteiger partial charge < -0.3 is 9.64 Å². The lowest BCUT2D eigenvalue weighted by molar-refractivity contribution is 0.171. The summed E-state index contributed by atoms with van der Waals surface area (Å²) in [4.78, 5) is 17.6. The molecule has 0 fully saturated rings. The number of benzene rings is 1. The number of halogens is 1. The van der Waals surface area contributed by atoms with Gasteiger partial charge >= 0.3 is 6.09 Å². The molecule has 0 heterocycles. The molecule has 6 heteroatoms. The van der Waals surface area contributed by atoms with Crippen LogP contribution in [-0.4, -0.2) is 32.6 Å². The highest BCUT2D eigenvalue weighted by atomic mass is 35.5. The minimum absolute atomic E-state index is 0. The highest BCUT2D eigenvalue weighted by molar-refractivity contribution is 5.95. The molecule has 0 bridgehead atoms. The van der Waals surface area contributed by atoms with E-state index in [1.54, 1.807) is 14.0 Å². The van der Waals surface area contributed by atoms with Crippen LogP contribution in [0.1, 0.15) is 13.8 Å². The van der Waals surface area contributed by atoms with Gasteiger partial charge in [-0.05, 0) is 43.7 Å². The monoisotopic (exact) mass is 311 g/mol. The van der Waals surface area contributed by atoms with Crippen molar-refractivity contribution in [2.45, 2.75) is 13.8 Å². The van der Waals surface area contributed by atoms with E-state index in [9.17, 15) is 4.79 Å². The molecule has 5 nitrogen and oxygen atoms in total. The van der Waals surface area contributed by atoms with E-state index < -0.39 is 6.09 Å². The number of hydrogen-bond donors (Lipinski definition) is 1. The van der Waals surface area contributed by atoms with Crippen LogP contribution >= 0.6 is 12.4 Å². The van der Waals surface area contributed by atoms with Crippen LogP contribution in [0.2, 0.25) is 0 Å². The van der Waals surface area contributed by atoms with Crippen LogP contribution in [0.15, 0.2) is 41.4 Å². The Morgan fingerprint density at radius 1 is 1.33 bits per heavy atom. The first-order chi connectivity index (χ1) is 9.43. The first-order valence-electron chi connectivity index (χ1n) is 6.29. The maximum atomic E-state index is 11.5. The minimum Gasteiger partial charge on any atom is -0.445 e. The van der Waals surface area contributed by atoms with E-state index in [0.717, 1.165) is 17.1 Å². The topological polar surface area (TPSA) is 53.9 Å². The maximum absolute atomic E-state index is 11.5. The second-order valence-electron chi connectivity index (χ2n) is 4.53. The third-order valence-electron chi connectivity index (χ3n) is 2.76. The number of anilines is 2. The predicted octanol–water partition coefficient (Wildman–Crippen LogP) is 3.72. The van der Waals surface area contributed by atoms with E-state index in [0.29, 0.717) is 5.69 Å². The third-order valence-corrected chi connectivity index (χ3v) is 2.76. The Bertz CT molecular complexity index is 512. The number of carbonyl (C=O) groups is 1. The highest BCUT2D eigenvalue weighted by Gasteiger charge is 2.06. The number of nitrogens with zero attached hydrogens (tertiary/aromatic N) is 2. The van der Waals surface area contributed by atoms with Gasteiger partial charge in [-0.3, -0.25) is 10.3 Å². The zero-order chi connectivity index (χ0) is 15.1. The zero-order valence-electron chi connectivity index (χ0n) is 12.8. The molecular weight excluding hydrogens is 290 g/mol. The summed E-state index contributed by atoms with van der Waals surface area (Å²) < 4.78 is 4.96. The van der Waals surface area contributed by atoms with Gasteiger partial charge in [0.1, 0.15) is 6.61 Å². The molecule has 0 aliphatic heterocycles. The Morgan fingerprint density at radius 3 is 2.38 bits per heavy atom. The van der Waals surface area contributed by atoms with Gasteiger partial charge in [0, 0.05) is 25.5 Å². The quantitative estimate of drug-likeness (QED) is 0.524. The largest absolute Gasteiger partial charge is 0.445 e. The van der Waals surface area contributed by atoms with Gasteiger partial charge in [0.25, 0.3) is 0 Å². The summed E-state index contributed by atoms with van der Waals surface area (Å²) in [6.07, 6.45) is -0.486. The van der Waals surface area contributed by atoms with Gasteiger partial charge in [-0.15, -0.1) is 12.4 Å². The molecule has 0 atom stereocenters. The molecule has 0 saturated heterocycles. The Kier molecular flexibility index (Phi) is 8.16. The molecule has 21 heavy (non-hydrogen) atoms. The standard InChI is InChI=1S/C15H21N3O2.ClH/c1-11(2)10-20-15(19)17-13-6-8-14(9-7-13)18(5)12(3)16-4;/h6-9H,1,10H2,2-5H3,(H,17,19);1H. The minimum atomic E-state index is -0.486. The molecule has 0 spiro atoms. The molecule has 0 aromatic heterocycles. The number of hydrogen-bond acceptors (Lipinski definition) is 3. The zero-order valence-corrected chi connectivity index (χ0v) is 13.7. The van der Waals surface area contributed by atoms with Crippen molar-refractivity contribution in [2.75, 3.05) is 30.9 Å². The summed E-state index contributed by atoms with van der Waals surface area (Å²) in [5.41, 5.74) is 2.47. The van der Waals surface area contributed by atoms with Gasteiger partial charge in [-0.25, -0.2) is 4.79 Å². The van der Waals surface area contributed by atoms with E-state index in [1.807, 2.05) is 43.1 Å². The number of nitrogens with one attached hydrogen (secondary N) is 1. The van der Waals surface area contributed by atoms with E-state index >= 15 is 0 Å². The summed E-state index contributed by atoms with van der Waals surface area (Å²) in [5.74, 6) is 0.909.